The van der Waals surface area contributed by atoms with Gasteiger partial charge in [-0.15, -0.1) is 0 Å². The molecule has 2 aliphatic heterocycles. The zero-order valence-electron chi connectivity index (χ0n) is 18.3. The van der Waals surface area contributed by atoms with Crippen LogP contribution in [0, 0.1) is 6.92 Å². The molecule has 0 spiro atoms. The summed E-state index contributed by atoms with van der Waals surface area (Å²) in [4.78, 5) is 26.7. The van der Waals surface area contributed by atoms with Gasteiger partial charge in [-0.1, -0.05) is 60.7 Å². The number of hydrogen-bond acceptors (Lipinski definition) is 6. The van der Waals surface area contributed by atoms with Gasteiger partial charge in [0.15, 0.2) is 11.8 Å². The Balaban J connectivity index is 1.39. The Hall–Kier alpha value is -3.04. The number of H-pyrrole nitrogens is 1. The molecule has 1 aromatic heterocycles. The second kappa shape index (κ2) is 9.07. The minimum atomic E-state index is -0.763. The minimum Gasteiger partial charge on any atom is -0.374 e. The lowest BCUT2D eigenvalue weighted by atomic mass is 9.87. The van der Waals surface area contributed by atoms with E-state index in [4.69, 9.17) is 18.9 Å². The predicted molar refractivity (Wildman–Crippen MR) is 120 cm³/mol. The normalized spacial score (nSPS) is 26.0. The lowest BCUT2D eigenvalue weighted by Gasteiger charge is -2.46. The van der Waals surface area contributed by atoms with Crippen molar-refractivity contribution in [3.63, 3.8) is 0 Å². The second-order valence-corrected chi connectivity index (χ2v) is 8.46. The molecule has 2 aromatic carbocycles. The Kier molecular flexibility index (Phi) is 5.99. The molecule has 0 radical (unpaired) electrons. The van der Waals surface area contributed by atoms with Crippen LogP contribution in [0.4, 0.5) is 0 Å². The summed E-state index contributed by atoms with van der Waals surface area (Å²) >= 11 is 0. The van der Waals surface area contributed by atoms with E-state index in [1.165, 1.54) is 10.8 Å². The smallest absolute Gasteiger partial charge is 0.330 e. The van der Waals surface area contributed by atoms with Crippen LogP contribution < -0.4 is 11.2 Å². The van der Waals surface area contributed by atoms with Gasteiger partial charge in [0.25, 0.3) is 5.56 Å². The van der Waals surface area contributed by atoms with Gasteiger partial charge in [-0.05, 0) is 18.1 Å². The average Bonchev–Trinajstić information content (AvgIpc) is 3.02. The van der Waals surface area contributed by atoms with E-state index >= 15 is 0 Å². The van der Waals surface area contributed by atoms with Gasteiger partial charge < -0.3 is 18.9 Å². The van der Waals surface area contributed by atoms with Crippen molar-refractivity contribution in [3.8, 4) is 0 Å². The van der Waals surface area contributed by atoms with Gasteiger partial charge >= 0.3 is 5.69 Å². The third-order valence-electron chi connectivity index (χ3n) is 6.23. The van der Waals surface area contributed by atoms with E-state index in [9.17, 15) is 9.59 Å². The van der Waals surface area contributed by atoms with Crippen molar-refractivity contribution < 1.29 is 18.9 Å². The summed E-state index contributed by atoms with van der Waals surface area (Å²) in [5.41, 5.74) is 0.770. The van der Waals surface area contributed by atoms with Crippen molar-refractivity contribution in [2.75, 3.05) is 13.2 Å². The molecule has 0 aliphatic carbocycles. The summed E-state index contributed by atoms with van der Waals surface area (Å²) in [5, 5.41) is 0. The molecule has 5 rings (SSSR count). The van der Waals surface area contributed by atoms with E-state index in [1.54, 1.807) is 6.92 Å². The zero-order valence-corrected chi connectivity index (χ0v) is 18.3. The standard InChI is InChI=1S/C25H26N2O6/c1-17-12-27(24(29)26-22(17)28)23-21-25(16-31-21,32-14-19-10-6-3-7-11-19)20(33-23)15-30-13-18-8-4-2-5-9-18/h2-12,20-21,23H,13-16H2,1H3,(H,26,28,29)/t20-,21-,23-,25-/m1/s1. The summed E-state index contributed by atoms with van der Waals surface area (Å²) in [6.45, 7) is 3.06. The van der Waals surface area contributed by atoms with Crippen molar-refractivity contribution in [3.05, 3.63) is 104 Å². The van der Waals surface area contributed by atoms with Crippen LogP contribution in [0.15, 0.2) is 76.4 Å². The van der Waals surface area contributed by atoms with Gasteiger partial charge in [0, 0.05) is 11.8 Å². The van der Waals surface area contributed by atoms with Crippen molar-refractivity contribution >= 4 is 0 Å². The van der Waals surface area contributed by atoms with Gasteiger partial charge in [-0.3, -0.25) is 14.3 Å². The summed E-state index contributed by atoms with van der Waals surface area (Å²) in [5.74, 6) is 0. The highest BCUT2D eigenvalue weighted by Crippen LogP contribution is 2.48. The molecular weight excluding hydrogens is 424 g/mol. The van der Waals surface area contributed by atoms with Crippen molar-refractivity contribution in [1.82, 2.24) is 9.55 Å². The van der Waals surface area contributed by atoms with Crippen LogP contribution in [0.1, 0.15) is 22.9 Å². The monoisotopic (exact) mass is 450 g/mol. The predicted octanol–water partition coefficient (Wildman–Crippen LogP) is 2.31. The molecule has 33 heavy (non-hydrogen) atoms. The SMILES string of the molecule is Cc1cn([C@@H]2O[C@H](COCc3ccccc3)[C@]3(OCc4ccccc4)CO[C@H]23)c(=O)[nH]c1=O. The molecule has 8 heteroatoms. The summed E-state index contributed by atoms with van der Waals surface area (Å²) in [7, 11) is 0. The van der Waals surface area contributed by atoms with E-state index in [-0.39, 0.29) is 6.61 Å². The lowest BCUT2D eigenvalue weighted by Crippen LogP contribution is -2.64. The molecule has 0 saturated carbocycles. The second-order valence-electron chi connectivity index (χ2n) is 8.46. The van der Waals surface area contributed by atoms with Gasteiger partial charge in [0.2, 0.25) is 0 Å². The zero-order chi connectivity index (χ0) is 22.8. The maximum Gasteiger partial charge on any atom is 0.330 e. The molecule has 0 amide bonds. The fourth-order valence-corrected chi connectivity index (χ4v) is 4.33. The molecule has 172 valence electrons. The number of ether oxygens (including phenoxy) is 4. The third-order valence-corrected chi connectivity index (χ3v) is 6.23. The number of fused-ring (bicyclic) bond motifs is 1. The van der Waals surface area contributed by atoms with E-state index < -0.39 is 35.3 Å². The Bertz CT molecular complexity index is 1210. The van der Waals surface area contributed by atoms with Crippen LogP contribution >= 0.6 is 0 Å². The van der Waals surface area contributed by atoms with Crippen LogP contribution in [-0.4, -0.2) is 40.6 Å². The molecule has 0 bridgehead atoms. The number of hydrogen-bond donors (Lipinski definition) is 1. The highest BCUT2D eigenvalue weighted by molar-refractivity contribution is 5.17. The molecule has 3 heterocycles. The first kappa shape index (κ1) is 21.8. The van der Waals surface area contributed by atoms with E-state index in [1.807, 2.05) is 60.7 Å². The van der Waals surface area contributed by atoms with Gasteiger partial charge in [0.1, 0.15) is 12.2 Å². The van der Waals surface area contributed by atoms with Crippen molar-refractivity contribution in [1.29, 1.82) is 0 Å². The fourth-order valence-electron chi connectivity index (χ4n) is 4.33. The molecule has 2 aliphatic rings. The maximum atomic E-state index is 12.5. The van der Waals surface area contributed by atoms with Gasteiger partial charge in [-0.25, -0.2) is 4.79 Å². The van der Waals surface area contributed by atoms with Crippen LogP contribution in [0.5, 0.6) is 0 Å². The molecule has 3 aromatic rings. The highest BCUT2D eigenvalue weighted by Gasteiger charge is 2.66. The van der Waals surface area contributed by atoms with E-state index in [0.717, 1.165) is 11.1 Å². The van der Waals surface area contributed by atoms with Crippen LogP contribution in [0.3, 0.4) is 0 Å². The Morgan fingerprint density at radius 2 is 1.70 bits per heavy atom. The van der Waals surface area contributed by atoms with Crippen molar-refractivity contribution in [2.45, 2.75) is 44.2 Å². The highest BCUT2D eigenvalue weighted by atomic mass is 16.7. The number of rotatable bonds is 8. The Labute approximate surface area is 190 Å². The molecule has 4 atom stereocenters. The molecule has 1 N–H and O–H groups in total. The molecular formula is C25H26N2O6. The largest absolute Gasteiger partial charge is 0.374 e. The molecule has 2 saturated heterocycles. The molecule has 2 fully saturated rings. The maximum absolute atomic E-state index is 12.5. The number of benzene rings is 2. The van der Waals surface area contributed by atoms with E-state index in [2.05, 4.69) is 4.98 Å². The summed E-state index contributed by atoms with van der Waals surface area (Å²) < 4.78 is 26.0. The first-order valence-corrected chi connectivity index (χ1v) is 11.0. The van der Waals surface area contributed by atoms with Crippen LogP contribution in [0.25, 0.3) is 0 Å². The van der Waals surface area contributed by atoms with Gasteiger partial charge in [-0.2, -0.15) is 0 Å². The Morgan fingerprint density at radius 1 is 1.03 bits per heavy atom. The number of nitrogens with zero attached hydrogens (tertiary/aromatic N) is 1. The quantitative estimate of drug-likeness (QED) is 0.566. The van der Waals surface area contributed by atoms with Crippen molar-refractivity contribution in [2.24, 2.45) is 0 Å². The van der Waals surface area contributed by atoms with E-state index in [0.29, 0.717) is 25.4 Å². The lowest BCUT2D eigenvalue weighted by molar-refractivity contribution is -0.267. The number of nitrogens with one attached hydrogen (secondary N) is 1. The summed E-state index contributed by atoms with van der Waals surface area (Å²) in [6.07, 6.45) is -0.187. The molecule has 8 nitrogen and oxygen atoms in total. The third kappa shape index (κ3) is 4.18. The first-order chi connectivity index (χ1) is 16.1. The Morgan fingerprint density at radius 3 is 2.33 bits per heavy atom. The van der Waals surface area contributed by atoms with Gasteiger partial charge in [0.05, 0.1) is 26.4 Å². The summed E-state index contributed by atoms with van der Waals surface area (Å²) in [6, 6.07) is 19.8. The minimum absolute atomic E-state index is 0.275. The molecule has 0 unspecified atom stereocenters. The number of aromatic amines is 1. The average molecular weight is 450 g/mol. The fraction of sp³-hybridized carbons (Fsp3) is 0.360. The number of aryl methyl sites for hydroxylation is 1. The topological polar surface area (TPSA) is 91.8 Å². The van der Waals surface area contributed by atoms with Crippen LogP contribution in [-0.2, 0) is 32.2 Å². The first-order valence-electron chi connectivity index (χ1n) is 11.0. The van der Waals surface area contributed by atoms with Crippen LogP contribution in [0.2, 0.25) is 0 Å². The number of aromatic nitrogens is 2.